The molecule has 0 radical (unpaired) electrons. The van der Waals surface area contributed by atoms with Crippen LogP contribution in [0.25, 0.3) is 0 Å². The van der Waals surface area contributed by atoms with Gasteiger partial charge in [-0.3, -0.25) is 4.90 Å². The first kappa shape index (κ1) is 14.1. The lowest BCUT2D eigenvalue weighted by molar-refractivity contribution is 0.180. The van der Waals surface area contributed by atoms with Crippen molar-refractivity contribution in [1.29, 1.82) is 0 Å². The molecule has 0 bridgehead atoms. The average Bonchev–Trinajstić information content (AvgIpc) is 3.22. The highest BCUT2D eigenvalue weighted by Gasteiger charge is 2.35. The van der Waals surface area contributed by atoms with E-state index in [9.17, 15) is 8.42 Å². The van der Waals surface area contributed by atoms with Crippen LogP contribution in [0.1, 0.15) is 12.8 Å². The number of halogens is 1. The van der Waals surface area contributed by atoms with Crippen LogP contribution in [0.4, 0.5) is 5.69 Å². The molecule has 2 aliphatic rings. The van der Waals surface area contributed by atoms with Gasteiger partial charge < -0.3 is 5.73 Å². The second-order valence-electron chi connectivity index (χ2n) is 5.36. The zero-order valence-electron chi connectivity index (χ0n) is 11.1. The van der Waals surface area contributed by atoms with Crippen LogP contribution in [-0.4, -0.2) is 49.8 Å². The number of rotatable bonds is 3. The molecule has 1 aromatic rings. The first-order valence-corrected chi connectivity index (χ1v) is 8.59. The van der Waals surface area contributed by atoms with Crippen molar-refractivity contribution in [2.24, 2.45) is 0 Å². The van der Waals surface area contributed by atoms with Crippen LogP contribution in [-0.2, 0) is 10.0 Å². The molecule has 110 valence electrons. The molecule has 1 aromatic carbocycles. The van der Waals surface area contributed by atoms with E-state index in [1.54, 1.807) is 6.07 Å². The summed E-state index contributed by atoms with van der Waals surface area (Å²) in [6.07, 6.45) is 2.49. The predicted molar refractivity (Wildman–Crippen MR) is 79.2 cm³/mol. The molecule has 1 aliphatic heterocycles. The highest BCUT2D eigenvalue weighted by Crippen LogP contribution is 2.30. The summed E-state index contributed by atoms with van der Waals surface area (Å²) < 4.78 is 26.7. The van der Waals surface area contributed by atoms with Crippen molar-refractivity contribution in [3.8, 4) is 0 Å². The quantitative estimate of drug-likeness (QED) is 0.856. The Labute approximate surface area is 124 Å². The van der Waals surface area contributed by atoms with Crippen LogP contribution in [0, 0.1) is 0 Å². The molecule has 5 nitrogen and oxygen atoms in total. The minimum atomic E-state index is -3.52. The first-order valence-electron chi connectivity index (χ1n) is 6.78. The summed E-state index contributed by atoms with van der Waals surface area (Å²) in [5, 5.41) is 0.189. The van der Waals surface area contributed by atoms with Gasteiger partial charge in [0.2, 0.25) is 10.0 Å². The van der Waals surface area contributed by atoms with Crippen molar-refractivity contribution >= 4 is 27.3 Å². The van der Waals surface area contributed by atoms with Gasteiger partial charge in [-0.2, -0.15) is 4.31 Å². The topological polar surface area (TPSA) is 66.6 Å². The number of hydrogen-bond donors (Lipinski definition) is 1. The maximum atomic E-state index is 12.6. The Morgan fingerprint density at radius 3 is 2.35 bits per heavy atom. The van der Waals surface area contributed by atoms with Gasteiger partial charge in [0.15, 0.2) is 0 Å². The van der Waals surface area contributed by atoms with Crippen molar-refractivity contribution in [3.63, 3.8) is 0 Å². The van der Waals surface area contributed by atoms with Gasteiger partial charge in [-0.25, -0.2) is 8.42 Å². The summed E-state index contributed by atoms with van der Waals surface area (Å²) in [5.74, 6) is 0. The molecule has 0 aromatic heterocycles. The van der Waals surface area contributed by atoms with E-state index in [-0.39, 0.29) is 9.92 Å². The average molecular weight is 316 g/mol. The van der Waals surface area contributed by atoms with E-state index in [2.05, 4.69) is 4.90 Å². The van der Waals surface area contributed by atoms with Crippen LogP contribution in [0.3, 0.4) is 0 Å². The van der Waals surface area contributed by atoms with Crippen LogP contribution >= 0.6 is 11.6 Å². The molecule has 2 N–H and O–H groups in total. The van der Waals surface area contributed by atoms with E-state index in [0.717, 1.165) is 13.1 Å². The molecule has 1 heterocycles. The standard InChI is InChI=1S/C13H18ClN3O2S/c14-12-9-10(15)1-4-13(12)20(18,19)17-7-5-16(6-8-17)11-2-3-11/h1,4,9,11H,2-3,5-8,15H2. The fourth-order valence-corrected chi connectivity index (χ4v) is 4.56. The molecule has 1 saturated carbocycles. The zero-order chi connectivity index (χ0) is 14.3. The fraction of sp³-hybridized carbons (Fsp3) is 0.538. The number of nitrogens with two attached hydrogens (primary N) is 1. The SMILES string of the molecule is Nc1ccc(S(=O)(=O)N2CCN(C3CC3)CC2)c(Cl)c1. The van der Waals surface area contributed by atoms with Gasteiger partial charge >= 0.3 is 0 Å². The molecule has 1 saturated heterocycles. The third-order valence-electron chi connectivity index (χ3n) is 3.91. The normalized spacial score (nSPS) is 22.1. The van der Waals surface area contributed by atoms with Gasteiger partial charge in [-0.05, 0) is 31.0 Å². The van der Waals surface area contributed by atoms with Crippen molar-refractivity contribution in [2.75, 3.05) is 31.9 Å². The summed E-state index contributed by atoms with van der Waals surface area (Å²) >= 11 is 6.03. The Morgan fingerprint density at radius 2 is 1.80 bits per heavy atom. The number of benzene rings is 1. The summed E-state index contributed by atoms with van der Waals surface area (Å²) in [6, 6.07) is 5.22. The number of hydrogen-bond acceptors (Lipinski definition) is 4. The summed E-state index contributed by atoms with van der Waals surface area (Å²) in [4.78, 5) is 2.52. The number of sulfonamides is 1. The number of nitrogens with zero attached hydrogens (tertiary/aromatic N) is 2. The second kappa shape index (κ2) is 5.18. The molecule has 3 rings (SSSR count). The maximum Gasteiger partial charge on any atom is 0.244 e. The molecular formula is C13H18ClN3O2S. The van der Waals surface area contributed by atoms with Gasteiger partial charge in [0.1, 0.15) is 4.90 Å². The van der Waals surface area contributed by atoms with E-state index in [1.165, 1.54) is 29.3 Å². The van der Waals surface area contributed by atoms with Crippen molar-refractivity contribution in [1.82, 2.24) is 9.21 Å². The Hall–Kier alpha value is -0.820. The zero-order valence-corrected chi connectivity index (χ0v) is 12.7. The fourth-order valence-electron chi connectivity index (χ4n) is 2.61. The van der Waals surface area contributed by atoms with Gasteiger partial charge in [0.05, 0.1) is 5.02 Å². The minimum absolute atomic E-state index is 0.147. The highest BCUT2D eigenvalue weighted by molar-refractivity contribution is 7.89. The van der Waals surface area contributed by atoms with E-state index in [0.29, 0.717) is 24.8 Å². The van der Waals surface area contributed by atoms with Crippen LogP contribution in [0.5, 0.6) is 0 Å². The molecule has 2 fully saturated rings. The third-order valence-corrected chi connectivity index (χ3v) is 6.29. The van der Waals surface area contributed by atoms with E-state index < -0.39 is 10.0 Å². The molecule has 0 atom stereocenters. The second-order valence-corrected chi connectivity index (χ2v) is 7.67. The Morgan fingerprint density at radius 1 is 1.15 bits per heavy atom. The van der Waals surface area contributed by atoms with E-state index in [4.69, 9.17) is 17.3 Å². The third kappa shape index (κ3) is 2.65. The number of nitrogen functional groups attached to an aromatic ring is 1. The van der Waals surface area contributed by atoms with Gasteiger partial charge in [0.25, 0.3) is 0 Å². The van der Waals surface area contributed by atoms with E-state index in [1.807, 2.05) is 0 Å². The lowest BCUT2D eigenvalue weighted by Crippen LogP contribution is -2.49. The Bertz CT molecular complexity index is 608. The van der Waals surface area contributed by atoms with Crippen molar-refractivity contribution in [3.05, 3.63) is 23.2 Å². The largest absolute Gasteiger partial charge is 0.399 e. The van der Waals surface area contributed by atoms with Crippen LogP contribution < -0.4 is 5.73 Å². The number of piperazine rings is 1. The van der Waals surface area contributed by atoms with Crippen LogP contribution in [0.15, 0.2) is 23.1 Å². The molecule has 1 aliphatic carbocycles. The molecule has 20 heavy (non-hydrogen) atoms. The van der Waals surface area contributed by atoms with Gasteiger partial charge in [-0.1, -0.05) is 11.6 Å². The highest BCUT2D eigenvalue weighted by atomic mass is 35.5. The lowest BCUT2D eigenvalue weighted by Gasteiger charge is -2.34. The van der Waals surface area contributed by atoms with Gasteiger partial charge in [0, 0.05) is 37.9 Å². The molecule has 0 spiro atoms. The summed E-state index contributed by atoms with van der Waals surface area (Å²) in [5.41, 5.74) is 6.07. The minimum Gasteiger partial charge on any atom is -0.399 e. The molecule has 7 heteroatoms. The molecular weight excluding hydrogens is 298 g/mol. The molecule has 0 amide bonds. The lowest BCUT2D eigenvalue weighted by atomic mass is 10.3. The van der Waals surface area contributed by atoms with Gasteiger partial charge in [-0.15, -0.1) is 0 Å². The summed E-state index contributed by atoms with van der Waals surface area (Å²) in [7, 11) is -3.52. The van der Waals surface area contributed by atoms with Crippen molar-refractivity contribution < 1.29 is 8.42 Å². The van der Waals surface area contributed by atoms with Crippen molar-refractivity contribution in [2.45, 2.75) is 23.8 Å². The maximum absolute atomic E-state index is 12.6. The smallest absolute Gasteiger partial charge is 0.244 e. The first-order chi connectivity index (χ1) is 9.48. The predicted octanol–water partition coefficient (Wildman–Crippen LogP) is 1.39. The van der Waals surface area contributed by atoms with E-state index >= 15 is 0 Å². The summed E-state index contributed by atoms with van der Waals surface area (Å²) in [6.45, 7) is 2.66. The number of anilines is 1. The Kier molecular flexibility index (Phi) is 3.66. The monoisotopic (exact) mass is 315 g/mol. The van der Waals surface area contributed by atoms with Crippen LogP contribution in [0.2, 0.25) is 5.02 Å². The molecule has 0 unspecified atom stereocenters. The Balaban J connectivity index is 1.78.